The van der Waals surface area contributed by atoms with E-state index in [-0.39, 0.29) is 17.4 Å². The zero-order valence-corrected chi connectivity index (χ0v) is 13.2. The fourth-order valence-corrected chi connectivity index (χ4v) is 2.36. The lowest BCUT2D eigenvalue weighted by atomic mass is 10.1. The van der Waals surface area contributed by atoms with Gasteiger partial charge in [0.1, 0.15) is 11.5 Å². The first kappa shape index (κ1) is 17.4. The lowest BCUT2D eigenvalue weighted by Gasteiger charge is -2.23. The molecule has 3 nitrogen and oxygen atoms in total. The zero-order chi connectivity index (χ0) is 16.0. The molecule has 21 heavy (non-hydrogen) atoms. The molecule has 0 spiro atoms. The van der Waals surface area contributed by atoms with Gasteiger partial charge in [0.25, 0.3) is 0 Å². The van der Waals surface area contributed by atoms with Gasteiger partial charge in [-0.15, -0.1) is 0 Å². The molecule has 1 aromatic carbocycles. The molecule has 0 aliphatic rings. The number of Topliss-reactive ketones (excluding diaryl/α,β-unsaturated/α-hetero) is 1. The van der Waals surface area contributed by atoms with Crippen molar-refractivity contribution < 1.29 is 13.6 Å². The van der Waals surface area contributed by atoms with Gasteiger partial charge in [-0.1, -0.05) is 6.92 Å². The van der Waals surface area contributed by atoms with Gasteiger partial charge in [-0.25, -0.2) is 8.78 Å². The van der Waals surface area contributed by atoms with Gasteiger partial charge in [0.2, 0.25) is 0 Å². The van der Waals surface area contributed by atoms with Crippen molar-refractivity contribution in [3.05, 3.63) is 23.8 Å². The smallest absolute Gasteiger partial charge is 0.151 e. The summed E-state index contributed by atoms with van der Waals surface area (Å²) >= 11 is 0. The highest BCUT2D eigenvalue weighted by Crippen LogP contribution is 2.27. The van der Waals surface area contributed by atoms with Crippen molar-refractivity contribution in [1.82, 2.24) is 0 Å². The lowest BCUT2D eigenvalue weighted by molar-refractivity contribution is -0.117. The van der Waals surface area contributed by atoms with E-state index in [0.29, 0.717) is 31.7 Å². The maximum atomic E-state index is 14.1. The molecule has 0 bridgehead atoms. The summed E-state index contributed by atoms with van der Waals surface area (Å²) in [5.74, 6) is -0.907. The number of benzene rings is 1. The van der Waals surface area contributed by atoms with E-state index in [9.17, 15) is 13.6 Å². The molecule has 0 heterocycles. The fourth-order valence-electron chi connectivity index (χ4n) is 2.36. The van der Waals surface area contributed by atoms with Gasteiger partial charge in [0, 0.05) is 31.7 Å². The largest absolute Gasteiger partial charge is 0.385 e. The second-order valence-corrected chi connectivity index (χ2v) is 5.35. The number of nitrogens with zero attached hydrogens (tertiary/aromatic N) is 1. The van der Waals surface area contributed by atoms with Crippen molar-refractivity contribution in [3.8, 4) is 0 Å². The molecule has 0 saturated heterocycles. The van der Waals surface area contributed by atoms with Crippen LogP contribution in [0.1, 0.15) is 34.1 Å². The van der Waals surface area contributed by atoms with E-state index < -0.39 is 11.6 Å². The van der Waals surface area contributed by atoms with Crippen LogP contribution in [-0.4, -0.2) is 25.4 Å². The van der Waals surface area contributed by atoms with Crippen molar-refractivity contribution in [3.63, 3.8) is 0 Å². The summed E-state index contributed by atoms with van der Waals surface area (Å²) in [5.41, 5.74) is 0.415. The molecular weight excluding hydrogens is 274 g/mol. The highest BCUT2D eigenvalue weighted by molar-refractivity contribution is 5.75. The van der Waals surface area contributed by atoms with Crippen molar-refractivity contribution in [2.75, 3.05) is 29.9 Å². The van der Waals surface area contributed by atoms with Crippen LogP contribution in [0.3, 0.4) is 0 Å². The van der Waals surface area contributed by atoms with Gasteiger partial charge in [-0.05, 0) is 38.8 Å². The molecule has 118 valence electrons. The topological polar surface area (TPSA) is 32.3 Å². The molecule has 1 unspecified atom stereocenters. The predicted octanol–water partition coefficient (Wildman–Crippen LogP) is 3.84. The van der Waals surface area contributed by atoms with Crippen LogP contribution in [-0.2, 0) is 4.79 Å². The van der Waals surface area contributed by atoms with E-state index in [2.05, 4.69) is 5.32 Å². The molecular formula is C16H24F2N2O. The number of hydrogen-bond acceptors (Lipinski definition) is 3. The molecule has 0 saturated carbocycles. The normalized spacial score (nSPS) is 12.1. The number of rotatable bonds is 8. The maximum Gasteiger partial charge on any atom is 0.151 e. The number of ketones is 1. The van der Waals surface area contributed by atoms with Crippen LogP contribution >= 0.6 is 0 Å². The number of nitrogens with one attached hydrogen (secondary N) is 1. The molecule has 0 radical (unpaired) electrons. The monoisotopic (exact) mass is 298 g/mol. The second kappa shape index (κ2) is 7.96. The number of anilines is 2. The molecule has 1 N–H and O–H groups in total. The first-order valence-corrected chi connectivity index (χ1v) is 7.36. The Hall–Kier alpha value is -1.65. The molecule has 1 rings (SSSR count). The van der Waals surface area contributed by atoms with Crippen LogP contribution in [0.4, 0.5) is 20.2 Å². The van der Waals surface area contributed by atoms with E-state index >= 15 is 0 Å². The Kier molecular flexibility index (Phi) is 6.59. The van der Waals surface area contributed by atoms with Crippen molar-refractivity contribution in [2.24, 2.45) is 5.92 Å². The average molecular weight is 298 g/mol. The first-order valence-electron chi connectivity index (χ1n) is 7.36. The molecule has 0 aliphatic carbocycles. The van der Waals surface area contributed by atoms with Gasteiger partial charge < -0.3 is 15.0 Å². The third-order valence-electron chi connectivity index (χ3n) is 3.39. The van der Waals surface area contributed by atoms with E-state index in [1.54, 1.807) is 4.90 Å². The Morgan fingerprint density at radius 3 is 2.19 bits per heavy atom. The molecule has 5 heteroatoms. The lowest BCUT2D eigenvalue weighted by Crippen LogP contribution is -2.24. The Morgan fingerprint density at radius 1 is 1.24 bits per heavy atom. The summed E-state index contributed by atoms with van der Waals surface area (Å²) < 4.78 is 28.2. The standard InChI is InChI=1S/C16H24F2N2O/c1-5-20(6-2)16-14(17)8-13(9-15(16)18)19-10-11(3)7-12(4)21/h8-9,11,19H,5-7,10H2,1-4H3. The predicted molar refractivity (Wildman–Crippen MR) is 82.9 cm³/mol. The molecule has 0 fully saturated rings. The van der Waals surface area contributed by atoms with Crippen LogP contribution < -0.4 is 10.2 Å². The van der Waals surface area contributed by atoms with E-state index in [0.717, 1.165) is 0 Å². The van der Waals surface area contributed by atoms with Crippen molar-refractivity contribution in [2.45, 2.75) is 34.1 Å². The Balaban J connectivity index is 2.81. The van der Waals surface area contributed by atoms with E-state index in [1.165, 1.54) is 19.1 Å². The van der Waals surface area contributed by atoms with Gasteiger partial charge >= 0.3 is 0 Å². The number of hydrogen-bond donors (Lipinski definition) is 1. The van der Waals surface area contributed by atoms with Gasteiger partial charge in [-0.3, -0.25) is 0 Å². The summed E-state index contributed by atoms with van der Waals surface area (Å²) in [5, 5.41) is 2.98. The van der Waals surface area contributed by atoms with Crippen LogP contribution in [0.5, 0.6) is 0 Å². The van der Waals surface area contributed by atoms with Gasteiger partial charge in [0.05, 0.1) is 0 Å². The molecule has 1 aromatic rings. The van der Waals surface area contributed by atoms with Crippen LogP contribution in [0.25, 0.3) is 0 Å². The highest BCUT2D eigenvalue weighted by atomic mass is 19.1. The van der Waals surface area contributed by atoms with Gasteiger partial charge in [-0.2, -0.15) is 0 Å². The fraction of sp³-hybridized carbons (Fsp3) is 0.562. The summed E-state index contributed by atoms with van der Waals surface area (Å²) in [6.07, 6.45) is 0.454. The maximum absolute atomic E-state index is 14.1. The number of carbonyl (C=O) groups is 1. The molecule has 0 aromatic heterocycles. The van der Waals surface area contributed by atoms with E-state index in [1.807, 2.05) is 20.8 Å². The summed E-state index contributed by atoms with van der Waals surface area (Å²) in [6.45, 7) is 8.78. The average Bonchev–Trinajstić information content (AvgIpc) is 2.39. The van der Waals surface area contributed by atoms with E-state index in [4.69, 9.17) is 0 Å². The minimum absolute atomic E-state index is 0.0161. The minimum Gasteiger partial charge on any atom is -0.385 e. The second-order valence-electron chi connectivity index (χ2n) is 5.35. The minimum atomic E-state index is -0.569. The third kappa shape index (κ3) is 4.99. The molecule has 1 atom stereocenters. The SMILES string of the molecule is CCN(CC)c1c(F)cc(NCC(C)CC(C)=O)cc1F. The Morgan fingerprint density at radius 2 is 1.76 bits per heavy atom. The number of carbonyl (C=O) groups excluding carboxylic acids is 1. The summed E-state index contributed by atoms with van der Waals surface area (Å²) in [6, 6.07) is 2.61. The Bertz CT molecular complexity index is 464. The Labute approximate surface area is 125 Å². The van der Waals surface area contributed by atoms with Crippen molar-refractivity contribution >= 4 is 17.2 Å². The number of halogens is 2. The zero-order valence-electron chi connectivity index (χ0n) is 13.2. The van der Waals surface area contributed by atoms with Crippen LogP contribution in [0, 0.1) is 17.6 Å². The first-order chi connectivity index (χ1) is 9.88. The quantitative estimate of drug-likeness (QED) is 0.791. The van der Waals surface area contributed by atoms with Crippen LogP contribution in [0.15, 0.2) is 12.1 Å². The highest BCUT2D eigenvalue weighted by Gasteiger charge is 2.16. The van der Waals surface area contributed by atoms with Crippen molar-refractivity contribution in [1.29, 1.82) is 0 Å². The third-order valence-corrected chi connectivity index (χ3v) is 3.39. The summed E-state index contributed by atoms with van der Waals surface area (Å²) in [4.78, 5) is 12.7. The summed E-state index contributed by atoms with van der Waals surface area (Å²) in [7, 11) is 0. The molecule has 0 amide bonds. The van der Waals surface area contributed by atoms with Crippen LogP contribution in [0.2, 0.25) is 0 Å². The van der Waals surface area contributed by atoms with Gasteiger partial charge in [0.15, 0.2) is 11.6 Å². The molecule has 0 aliphatic heterocycles.